The predicted octanol–water partition coefficient (Wildman–Crippen LogP) is 9.67. The number of carbonyl (C=O) groups excluding carboxylic acids is 14. The van der Waals surface area contributed by atoms with E-state index in [-0.39, 0.29) is 144 Å². The van der Waals surface area contributed by atoms with Crippen molar-refractivity contribution in [3.63, 3.8) is 0 Å². The first-order chi connectivity index (χ1) is 54.7. The lowest BCUT2D eigenvalue weighted by molar-refractivity contribution is -0.132. The van der Waals surface area contributed by atoms with Crippen LogP contribution in [0.1, 0.15) is 147 Å². The highest BCUT2D eigenvalue weighted by Crippen LogP contribution is 2.30. The lowest BCUT2D eigenvalue weighted by Gasteiger charge is -2.34. The number of carbonyl (C=O) groups is 14. The van der Waals surface area contributed by atoms with Crippen LogP contribution in [-0.2, 0) is 66.7 Å². The molecule has 0 bridgehead atoms. The number of rotatable bonds is 31. The van der Waals surface area contributed by atoms with Crippen molar-refractivity contribution in [2.45, 2.75) is 86.4 Å². The number of nitrogens with zero attached hydrogens (tertiary/aromatic N) is 3. The third-order valence-corrected chi connectivity index (χ3v) is 16.4. The van der Waals surface area contributed by atoms with E-state index in [1.54, 1.807) is 114 Å². The molecule has 602 valence electrons. The van der Waals surface area contributed by atoms with Crippen molar-refractivity contribution in [1.82, 2.24) is 14.7 Å². The minimum Gasteiger partial charge on any atom is -0.461 e. The third kappa shape index (κ3) is 30.0. The van der Waals surface area contributed by atoms with Gasteiger partial charge in [0.15, 0.2) is 0 Å². The Morgan fingerprint density at radius 3 is 0.632 bits per heavy atom. The van der Waals surface area contributed by atoms with Crippen LogP contribution in [0.5, 0.6) is 40.2 Å². The first-order valence-electron chi connectivity index (χ1n) is 36.1. The smallest absolute Gasteiger partial charge is 0.342 e. The van der Waals surface area contributed by atoms with Crippen LogP contribution in [0.4, 0.5) is 0 Å². The Morgan fingerprint density at radius 1 is 0.263 bits per heavy atom. The second kappa shape index (κ2) is 46.0. The van der Waals surface area contributed by atoms with Crippen LogP contribution in [-0.4, -0.2) is 202 Å². The Labute approximate surface area is 656 Å². The topological polar surface area (TPSA) is 378 Å². The average Bonchev–Trinajstić information content (AvgIpc) is 0.864. The van der Waals surface area contributed by atoms with Crippen LogP contribution in [0.15, 0.2) is 170 Å². The van der Waals surface area contributed by atoms with E-state index in [4.69, 9.17) is 66.3 Å². The van der Waals surface area contributed by atoms with Gasteiger partial charge in [0.05, 0.1) is 0 Å². The molecule has 1 aliphatic heterocycles. The summed E-state index contributed by atoms with van der Waals surface area (Å²) in [6.45, 7) is 13.5. The van der Waals surface area contributed by atoms with Gasteiger partial charge in [-0.05, 0) is 111 Å². The van der Waals surface area contributed by atoms with Gasteiger partial charge in [0, 0.05) is 107 Å². The van der Waals surface area contributed by atoms with Crippen LogP contribution >= 0.6 is 0 Å². The normalized spacial score (nSPS) is 13.6. The van der Waals surface area contributed by atoms with E-state index in [2.05, 4.69) is 9.80 Å². The molecule has 114 heavy (non-hydrogen) atoms. The Bertz CT molecular complexity index is 4190. The SMILES string of the molecule is CC(=O)Oc1ccccc1C(=O)OC1CCC(OC(=O)c2ccccc2OC(C)=O)CC1.CC(=O)Oc1ccccc1C(=O)OCCN(CCOC(=O)c1ccccc1OC(C)=O)CCOC(=O)c1ccccc1OC(C)=O.CC(=O)Oc1ccccc1C(=O)OCCN1CCN(CCOC(=O)c2ccccc2OC(C)=O)CC1. The lowest BCUT2D eigenvalue weighted by atomic mass is 9.94. The van der Waals surface area contributed by atoms with Crippen molar-refractivity contribution in [1.29, 1.82) is 0 Å². The third-order valence-electron chi connectivity index (χ3n) is 16.4. The van der Waals surface area contributed by atoms with Crippen molar-refractivity contribution in [3.05, 3.63) is 209 Å². The highest BCUT2D eigenvalue weighted by molar-refractivity contribution is 5.97. The molecular weight excluding hydrogens is 1490 g/mol. The summed E-state index contributed by atoms with van der Waals surface area (Å²) < 4.78 is 73.5. The standard InChI is InChI=1S/C33H33NO12.C26H30N2O8.C24H24O8/c1-22(35)44-28-13-7-4-10-25(28)31(38)41-19-16-34(17-20-42-32(39)26-11-5-8-14-29(26)45-23(2)36)18-21-43-33(40)27-12-6-9-15-30(27)46-24(3)37;1-19(29)35-23-9-5-3-7-21(23)25(31)33-17-15-27-11-13-28(14-12-27)16-18-34-26(32)22-8-4-6-10-24(22)36-20(2)30;1-15(25)29-21-9-5-3-7-19(21)23(27)31-17-11-13-18(14-12-17)32-24(28)20-8-4-6-10-22(20)30-16(2)26/h4-15H,16-21H2,1-3H3;3-10H,11-18H2,1-2H3;3-10,17-18H,11-14H2,1-2H3. The lowest BCUT2D eigenvalue weighted by Crippen LogP contribution is -2.48. The molecule has 0 unspecified atom stereocenters. The maximum Gasteiger partial charge on any atom is 0.342 e. The van der Waals surface area contributed by atoms with E-state index >= 15 is 0 Å². The van der Waals surface area contributed by atoms with E-state index in [0.29, 0.717) is 38.8 Å². The predicted molar refractivity (Wildman–Crippen MR) is 402 cm³/mol. The van der Waals surface area contributed by atoms with Crippen molar-refractivity contribution in [3.8, 4) is 40.2 Å². The maximum atomic E-state index is 12.7. The minimum absolute atomic E-state index is 0.0544. The van der Waals surface area contributed by atoms with E-state index in [9.17, 15) is 67.1 Å². The molecule has 31 nitrogen and oxygen atoms in total. The van der Waals surface area contributed by atoms with E-state index < -0.39 is 83.6 Å². The molecule has 1 saturated carbocycles. The first kappa shape index (κ1) is 88.2. The molecule has 7 aromatic rings. The Morgan fingerprint density at radius 2 is 0.439 bits per heavy atom. The van der Waals surface area contributed by atoms with E-state index in [1.807, 2.05) is 0 Å². The molecule has 0 radical (unpaired) electrons. The van der Waals surface area contributed by atoms with Gasteiger partial charge in [-0.15, -0.1) is 0 Å². The summed E-state index contributed by atoms with van der Waals surface area (Å²) in [5, 5.41) is 0. The summed E-state index contributed by atoms with van der Waals surface area (Å²) in [5.41, 5.74) is 0.960. The Kier molecular flexibility index (Phi) is 35.6. The van der Waals surface area contributed by atoms with Crippen molar-refractivity contribution < 1.29 is 133 Å². The number of hydrogen-bond donors (Lipinski definition) is 0. The van der Waals surface area contributed by atoms with Crippen LogP contribution in [0, 0.1) is 0 Å². The zero-order chi connectivity index (χ0) is 82.5. The molecule has 0 atom stereocenters. The highest BCUT2D eigenvalue weighted by atomic mass is 16.6. The van der Waals surface area contributed by atoms with Gasteiger partial charge in [-0.1, -0.05) is 84.9 Å². The van der Waals surface area contributed by atoms with Gasteiger partial charge < -0.3 is 66.3 Å². The number of esters is 14. The summed E-state index contributed by atoms with van der Waals surface area (Å²) in [7, 11) is 0. The van der Waals surface area contributed by atoms with Gasteiger partial charge in [0.1, 0.15) is 124 Å². The maximum absolute atomic E-state index is 12.7. The molecule has 0 amide bonds. The van der Waals surface area contributed by atoms with Gasteiger partial charge in [0.25, 0.3) is 0 Å². The van der Waals surface area contributed by atoms with Gasteiger partial charge >= 0.3 is 83.6 Å². The molecule has 31 heteroatoms. The summed E-state index contributed by atoms with van der Waals surface area (Å²) in [4.78, 5) is 173. The Balaban J connectivity index is 0.000000241. The fraction of sp³-hybridized carbons (Fsp3) is 0.325. The van der Waals surface area contributed by atoms with Gasteiger partial charge in [-0.25, -0.2) is 33.6 Å². The fourth-order valence-electron chi connectivity index (χ4n) is 11.1. The number of hydrogen-bond acceptors (Lipinski definition) is 31. The first-order valence-corrected chi connectivity index (χ1v) is 36.1. The summed E-state index contributed by atoms with van der Waals surface area (Å²) >= 11 is 0. The Hall–Kier alpha value is -13.0. The van der Waals surface area contributed by atoms with E-state index in [0.717, 1.165) is 26.2 Å². The van der Waals surface area contributed by atoms with Gasteiger partial charge in [0.2, 0.25) is 0 Å². The number of para-hydroxylation sites is 7. The van der Waals surface area contributed by atoms with Gasteiger partial charge in [-0.2, -0.15) is 0 Å². The zero-order valence-corrected chi connectivity index (χ0v) is 63.8. The monoisotopic (exact) mass is 1570 g/mol. The number of benzene rings is 7. The molecule has 7 aromatic carbocycles. The van der Waals surface area contributed by atoms with Crippen molar-refractivity contribution in [2.24, 2.45) is 0 Å². The largest absolute Gasteiger partial charge is 0.461 e. The molecule has 1 aliphatic carbocycles. The van der Waals surface area contributed by atoms with Crippen LogP contribution in [0.3, 0.4) is 0 Å². The summed E-state index contributed by atoms with van der Waals surface area (Å²) in [5.74, 6) is -7.41. The van der Waals surface area contributed by atoms with Crippen LogP contribution < -0.4 is 33.2 Å². The van der Waals surface area contributed by atoms with Crippen LogP contribution in [0.25, 0.3) is 0 Å². The summed E-state index contributed by atoms with van der Waals surface area (Å²) in [6.07, 6.45) is 1.40. The molecule has 0 spiro atoms. The quantitative estimate of drug-likeness (QED) is 0.0221. The molecule has 1 saturated heterocycles. The molecule has 0 N–H and O–H groups in total. The average molecular weight is 1570 g/mol. The zero-order valence-electron chi connectivity index (χ0n) is 63.8. The minimum atomic E-state index is -0.723. The molecule has 2 aliphatic rings. The van der Waals surface area contributed by atoms with Crippen LogP contribution in [0.2, 0.25) is 0 Å². The van der Waals surface area contributed by atoms with Crippen molar-refractivity contribution >= 4 is 83.6 Å². The van der Waals surface area contributed by atoms with Gasteiger partial charge in [-0.3, -0.25) is 48.3 Å². The fourth-order valence-corrected chi connectivity index (χ4v) is 11.1. The highest BCUT2D eigenvalue weighted by Gasteiger charge is 2.30. The second-order valence-corrected chi connectivity index (χ2v) is 25.0. The second-order valence-electron chi connectivity index (χ2n) is 25.0. The number of ether oxygens (including phenoxy) is 14. The van der Waals surface area contributed by atoms with Crippen molar-refractivity contribution in [2.75, 3.05) is 91.9 Å². The molecule has 9 rings (SSSR count). The molecule has 2 fully saturated rings. The van der Waals surface area contributed by atoms with E-state index in [1.165, 1.54) is 109 Å². The summed E-state index contributed by atoms with van der Waals surface area (Å²) in [6, 6.07) is 44.1. The molecule has 1 heterocycles. The molecular formula is C83H87N3O28. The molecule has 0 aromatic heterocycles. The number of piperazine rings is 1.